The van der Waals surface area contributed by atoms with E-state index in [1.165, 1.54) is 27.9 Å². The van der Waals surface area contributed by atoms with E-state index >= 15 is 0 Å². The van der Waals surface area contributed by atoms with Crippen molar-refractivity contribution in [2.24, 2.45) is 12.5 Å². The number of anilines is 1. The summed E-state index contributed by atoms with van der Waals surface area (Å²) in [5.74, 6) is -0.840. The Balaban J connectivity index is 0.609. The lowest BCUT2D eigenvalue weighted by atomic mass is 9.85. The minimum atomic E-state index is -0.935. The molecule has 1 aliphatic rings. The second-order valence-corrected chi connectivity index (χ2v) is 21.5. The summed E-state index contributed by atoms with van der Waals surface area (Å²) in [5.41, 5.74) is 5.88. The van der Waals surface area contributed by atoms with Crippen LogP contribution in [0.3, 0.4) is 0 Å². The lowest BCUT2D eigenvalue weighted by Crippen LogP contribution is -2.57. The van der Waals surface area contributed by atoms with Gasteiger partial charge in [0.15, 0.2) is 5.58 Å². The molecule has 0 saturated carbocycles. The number of nitrogens with one attached hydrogen (secondary N) is 3. The number of β-amino-alcohol motifs (C(OH)–C–C–N with tert-alkyl or cyclic N) is 1. The monoisotopic (exact) mass is 1200 g/mol. The highest BCUT2D eigenvalue weighted by Gasteiger charge is 2.44. The van der Waals surface area contributed by atoms with E-state index in [1.807, 2.05) is 57.5 Å². The Bertz CT molecular complexity index is 3100. The van der Waals surface area contributed by atoms with Crippen LogP contribution in [-0.4, -0.2) is 195 Å². The molecule has 25 nitrogen and oxygen atoms in total. The number of amides is 4. The number of aliphatic hydroxyl groups is 1. The number of likely N-dealkylation sites (tertiary alicyclic amines) is 1. The zero-order chi connectivity index (χ0) is 60.4. The molecular weight excluding hydrogens is 1120 g/mol. The van der Waals surface area contributed by atoms with Crippen molar-refractivity contribution in [2.75, 3.05) is 124 Å². The Labute approximate surface area is 496 Å². The van der Waals surface area contributed by atoms with Crippen LogP contribution in [0.5, 0.6) is 5.75 Å². The molecule has 0 bridgehead atoms. The highest BCUT2D eigenvalue weighted by molar-refractivity contribution is 7.13. The van der Waals surface area contributed by atoms with Gasteiger partial charge in [0.2, 0.25) is 23.6 Å². The van der Waals surface area contributed by atoms with Crippen molar-refractivity contribution >= 4 is 51.8 Å². The zero-order valence-electron chi connectivity index (χ0n) is 48.7. The summed E-state index contributed by atoms with van der Waals surface area (Å²) >= 11 is 1.57. The smallest absolute Gasteiger partial charge is 0.274 e. The molecule has 0 radical (unpaired) electrons. The predicted octanol–water partition coefficient (Wildman–Crippen LogP) is 4.38. The summed E-state index contributed by atoms with van der Waals surface area (Å²) in [4.78, 5) is 80.4. The third kappa shape index (κ3) is 21.4. The van der Waals surface area contributed by atoms with Crippen molar-refractivity contribution in [1.82, 2.24) is 40.3 Å². The topological polar surface area (TPSA) is 298 Å². The SMILES string of the molecule is Cc1ncsc1-c1ccc(CNC(=O)[C@@H]2C[C@@H](O)CN2C(=O)[C@@H](NC(=O)CCOCCOCCOCCOCCOCCOCCOCCOCCOc2ccc(C(=O)Nc3ccc4oc(-c5ccc(=O)n(C)n5)nc4c3)nc2)C(C)(C)C)cc1. The number of ether oxygens (including phenoxy) is 9. The number of pyridine rings is 1. The molecule has 6 aromatic rings. The van der Waals surface area contributed by atoms with Crippen LogP contribution < -0.4 is 26.2 Å². The highest BCUT2D eigenvalue weighted by Crippen LogP contribution is 2.29. The third-order valence-corrected chi connectivity index (χ3v) is 14.1. The van der Waals surface area contributed by atoms with Gasteiger partial charge in [-0.1, -0.05) is 45.0 Å². The number of carbonyl (C=O) groups is 4. The first-order valence-corrected chi connectivity index (χ1v) is 29.0. The van der Waals surface area contributed by atoms with Gasteiger partial charge in [-0.3, -0.25) is 24.0 Å². The van der Waals surface area contributed by atoms with Crippen LogP contribution in [-0.2, 0) is 65.9 Å². The Kier molecular flexibility index (Phi) is 26.3. The summed E-state index contributed by atoms with van der Waals surface area (Å²) in [6.45, 7) is 13.9. The second-order valence-electron chi connectivity index (χ2n) is 20.7. The molecule has 1 saturated heterocycles. The van der Waals surface area contributed by atoms with Gasteiger partial charge in [-0.05, 0) is 59.9 Å². The summed E-state index contributed by atoms with van der Waals surface area (Å²) in [6.07, 6.45) is 0.719. The molecule has 26 heteroatoms. The molecule has 4 amide bonds. The summed E-state index contributed by atoms with van der Waals surface area (Å²) in [5, 5.41) is 23.3. The number of oxazole rings is 1. The Morgan fingerprint density at radius 3 is 1.91 bits per heavy atom. The standard InChI is InChI=1S/C59H77N9O16S/c1-40-53(85-39-62-40)42-8-6-41(7-9-42)36-61-56(73)49-35-44(69)38-68(49)58(74)54(59(2,3)4)65-51(70)16-17-75-18-19-76-20-21-77-22-23-78-24-25-79-26-27-80-28-29-81-30-31-82-32-33-83-45-11-12-46(60-37-45)55(72)63-43-10-14-50-48(34-43)64-57(84-50)47-13-15-52(71)67(5)66-47/h6-15,34,37,39,44,49,54,69H,16-33,35-36,38H2,1-5H3,(H,61,73)(H,63,72)(H,65,70)/t44-,49+,54-/m1/s1. The van der Waals surface area contributed by atoms with Crippen molar-refractivity contribution in [3.63, 3.8) is 0 Å². The van der Waals surface area contributed by atoms with Gasteiger partial charge in [-0.15, -0.1) is 11.3 Å². The van der Waals surface area contributed by atoms with Crippen LogP contribution in [0.15, 0.2) is 87.6 Å². The second kappa shape index (κ2) is 34.1. The first-order chi connectivity index (χ1) is 41.1. The largest absolute Gasteiger partial charge is 0.490 e. The quantitative estimate of drug-likeness (QED) is 0.0394. The molecule has 460 valence electrons. The number of hydrogen-bond acceptors (Lipinski definition) is 21. The van der Waals surface area contributed by atoms with Crippen LogP contribution in [0.2, 0.25) is 0 Å². The zero-order valence-corrected chi connectivity index (χ0v) is 49.6. The van der Waals surface area contributed by atoms with E-state index in [0.29, 0.717) is 121 Å². The van der Waals surface area contributed by atoms with Gasteiger partial charge in [0, 0.05) is 44.7 Å². The number of fused-ring (bicyclic) bond motifs is 1. The molecule has 3 atom stereocenters. The van der Waals surface area contributed by atoms with E-state index in [2.05, 4.69) is 36.0 Å². The normalized spacial score (nSPS) is 14.6. The lowest BCUT2D eigenvalue weighted by molar-refractivity contribution is -0.144. The van der Waals surface area contributed by atoms with Crippen LogP contribution in [0.4, 0.5) is 5.69 Å². The number of nitrogens with zero attached hydrogens (tertiary/aromatic N) is 6. The average Bonchev–Trinajstić information content (AvgIpc) is 3.44. The fourth-order valence-electron chi connectivity index (χ4n) is 8.56. The number of benzene rings is 2. The number of aromatic nitrogens is 5. The molecule has 0 unspecified atom stereocenters. The van der Waals surface area contributed by atoms with Gasteiger partial charge >= 0.3 is 0 Å². The maximum absolute atomic E-state index is 13.9. The fraction of sp³-hybridized carbons (Fsp3) is 0.508. The molecule has 7 rings (SSSR count). The Hall–Kier alpha value is -7.11. The molecule has 2 aromatic carbocycles. The van der Waals surface area contributed by atoms with Crippen LogP contribution in [0.1, 0.15) is 55.4 Å². The van der Waals surface area contributed by atoms with E-state index in [9.17, 15) is 29.1 Å². The number of aliphatic hydroxyl groups excluding tert-OH is 1. The molecular formula is C59H77N9O16S. The maximum Gasteiger partial charge on any atom is 0.274 e. The van der Waals surface area contributed by atoms with Crippen molar-refractivity contribution in [3.8, 4) is 27.8 Å². The summed E-state index contributed by atoms with van der Waals surface area (Å²) in [7, 11) is 1.54. The maximum atomic E-state index is 13.9. The Morgan fingerprint density at radius 1 is 0.753 bits per heavy atom. The van der Waals surface area contributed by atoms with Gasteiger partial charge in [-0.2, -0.15) is 5.10 Å². The molecule has 1 fully saturated rings. The molecule has 5 heterocycles. The first-order valence-electron chi connectivity index (χ1n) is 28.2. The predicted molar refractivity (Wildman–Crippen MR) is 313 cm³/mol. The lowest BCUT2D eigenvalue weighted by Gasteiger charge is -2.35. The van der Waals surface area contributed by atoms with Crippen LogP contribution >= 0.6 is 11.3 Å². The van der Waals surface area contributed by atoms with Crippen molar-refractivity contribution < 1.29 is 71.3 Å². The minimum absolute atomic E-state index is 0.0109. The first kappa shape index (κ1) is 65.4. The van der Waals surface area contributed by atoms with Crippen LogP contribution in [0, 0.1) is 12.3 Å². The van der Waals surface area contributed by atoms with Crippen LogP contribution in [0.25, 0.3) is 33.1 Å². The van der Waals surface area contributed by atoms with Gasteiger partial charge in [0.1, 0.15) is 41.3 Å². The number of rotatable bonds is 37. The van der Waals surface area contributed by atoms with Gasteiger partial charge in [0.05, 0.1) is 134 Å². The number of carbonyl (C=O) groups excluding carboxylic acids is 4. The van der Waals surface area contributed by atoms with E-state index in [0.717, 1.165) is 21.7 Å². The summed E-state index contributed by atoms with van der Waals surface area (Å²) < 4.78 is 57.1. The van der Waals surface area contributed by atoms with Crippen molar-refractivity contribution in [3.05, 3.63) is 106 Å². The molecule has 4 aromatic heterocycles. The van der Waals surface area contributed by atoms with Crippen molar-refractivity contribution in [1.29, 1.82) is 0 Å². The summed E-state index contributed by atoms with van der Waals surface area (Å²) in [6, 6.07) is 17.2. The third-order valence-electron chi connectivity index (χ3n) is 13.1. The molecule has 4 N–H and O–H groups in total. The number of thiazole rings is 1. The number of hydrogen-bond donors (Lipinski definition) is 4. The van der Waals surface area contributed by atoms with E-state index in [1.54, 1.807) is 48.7 Å². The van der Waals surface area contributed by atoms with E-state index < -0.39 is 35.4 Å². The molecule has 1 aliphatic heterocycles. The highest BCUT2D eigenvalue weighted by atomic mass is 32.1. The average molecular weight is 1200 g/mol. The Morgan fingerprint density at radius 2 is 1.35 bits per heavy atom. The van der Waals surface area contributed by atoms with E-state index in [4.69, 9.17) is 47.0 Å². The fourth-order valence-corrected chi connectivity index (χ4v) is 9.38. The minimum Gasteiger partial charge on any atom is -0.490 e. The van der Waals surface area contributed by atoms with Crippen molar-refractivity contribution in [2.45, 2.75) is 65.3 Å². The number of aryl methyl sites for hydroxylation is 2. The molecule has 85 heavy (non-hydrogen) atoms. The van der Waals surface area contributed by atoms with Gasteiger partial charge in [0.25, 0.3) is 11.5 Å². The molecule has 0 aliphatic carbocycles. The molecule has 0 spiro atoms. The van der Waals surface area contributed by atoms with Gasteiger partial charge in [-0.25, -0.2) is 19.6 Å². The van der Waals surface area contributed by atoms with E-state index in [-0.39, 0.29) is 74.7 Å². The van der Waals surface area contributed by atoms with Gasteiger partial charge < -0.3 is 73.0 Å².